The fourth-order valence-corrected chi connectivity index (χ4v) is 2.57. The SMILES string of the molecule is C1CC(CC2CCOCC2)CCN1. The summed E-state index contributed by atoms with van der Waals surface area (Å²) in [4.78, 5) is 0. The summed E-state index contributed by atoms with van der Waals surface area (Å²) in [5.41, 5.74) is 0. The smallest absolute Gasteiger partial charge is 0.0468 e. The Morgan fingerprint density at radius 1 is 0.923 bits per heavy atom. The Morgan fingerprint density at radius 3 is 2.23 bits per heavy atom. The van der Waals surface area contributed by atoms with Crippen LogP contribution >= 0.6 is 0 Å². The van der Waals surface area contributed by atoms with Gasteiger partial charge in [-0.25, -0.2) is 0 Å². The van der Waals surface area contributed by atoms with E-state index >= 15 is 0 Å². The van der Waals surface area contributed by atoms with E-state index in [0.29, 0.717) is 0 Å². The second kappa shape index (κ2) is 4.97. The van der Waals surface area contributed by atoms with Crippen LogP contribution in [0.15, 0.2) is 0 Å². The lowest BCUT2D eigenvalue weighted by Gasteiger charge is -2.29. The van der Waals surface area contributed by atoms with E-state index in [4.69, 9.17) is 4.74 Å². The van der Waals surface area contributed by atoms with Gasteiger partial charge >= 0.3 is 0 Å². The average molecular weight is 183 g/mol. The van der Waals surface area contributed by atoms with Crippen molar-refractivity contribution in [2.24, 2.45) is 11.8 Å². The van der Waals surface area contributed by atoms with Crippen molar-refractivity contribution in [3.05, 3.63) is 0 Å². The molecule has 0 spiro atoms. The van der Waals surface area contributed by atoms with Gasteiger partial charge in [0.15, 0.2) is 0 Å². The molecule has 0 aromatic rings. The molecule has 76 valence electrons. The Kier molecular flexibility index (Phi) is 3.62. The lowest BCUT2D eigenvalue weighted by Crippen LogP contribution is -2.29. The molecular formula is C11H21NO. The van der Waals surface area contributed by atoms with Crippen molar-refractivity contribution in [3.63, 3.8) is 0 Å². The molecule has 0 bridgehead atoms. The predicted octanol–water partition coefficient (Wildman–Crippen LogP) is 1.80. The molecule has 0 unspecified atom stereocenters. The molecule has 1 N–H and O–H groups in total. The van der Waals surface area contributed by atoms with Crippen molar-refractivity contribution in [3.8, 4) is 0 Å². The molecule has 0 saturated carbocycles. The van der Waals surface area contributed by atoms with Crippen molar-refractivity contribution >= 4 is 0 Å². The topological polar surface area (TPSA) is 21.3 Å². The fourth-order valence-electron chi connectivity index (χ4n) is 2.57. The minimum Gasteiger partial charge on any atom is -0.381 e. The van der Waals surface area contributed by atoms with E-state index in [-0.39, 0.29) is 0 Å². The third kappa shape index (κ3) is 2.96. The first-order valence-electron chi connectivity index (χ1n) is 5.73. The van der Waals surface area contributed by atoms with E-state index in [1.807, 2.05) is 0 Å². The van der Waals surface area contributed by atoms with Gasteiger partial charge in [-0.3, -0.25) is 0 Å². The molecule has 0 aliphatic carbocycles. The molecule has 2 saturated heterocycles. The molecule has 0 amide bonds. The van der Waals surface area contributed by atoms with E-state index in [9.17, 15) is 0 Å². The Bertz CT molecular complexity index is 121. The molecule has 2 aliphatic heterocycles. The van der Waals surface area contributed by atoms with Gasteiger partial charge in [0.25, 0.3) is 0 Å². The first-order chi connectivity index (χ1) is 6.45. The average Bonchev–Trinajstić information content (AvgIpc) is 2.21. The molecule has 13 heavy (non-hydrogen) atoms. The zero-order valence-electron chi connectivity index (χ0n) is 8.43. The standard InChI is InChI=1S/C11H21NO/c1-5-12-6-2-10(1)9-11-3-7-13-8-4-11/h10-12H,1-9H2. The van der Waals surface area contributed by atoms with Crippen LogP contribution < -0.4 is 5.32 Å². The first-order valence-corrected chi connectivity index (χ1v) is 5.73. The van der Waals surface area contributed by atoms with Crippen LogP contribution in [0.5, 0.6) is 0 Å². The highest BCUT2D eigenvalue weighted by atomic mass is 16.5. The van der Waals surface area contributed by atoms with Gasteiger partial charge in [0.2, 0.25) is 0 Å². The Morgan fingerprint density at radius 2 is 1.54 bits per heavy atom. The monoisotopic (exact) mass is 183 g/mol. The number of rotatable bonds is 2. The lowest BCUT2D eigenvalue weighted by molar-refractivity contribution is 0.0567. The van der Waals surface area contributed by atoms with Crippen LogP contribution in [0, 0.1) is 11.8 Å². The van der Waals surface area contributed by atoms with E-state index < -0.39 is 0 Å². The Balaban J connectivity index is 1.69. The summed E-state index contributed by atoms with van der Waals surface area (Å²) >= 11 is 0. The van der Waals surface area contributed by atoms with E-state index in [1.165, 1.54) is 45.2 Å². The molecule has 2 aliphatic rings. The van der Waals surface area contributed by atoms with Crippen LogP contribution in [0.25, 0.3) is 0 Å². The molecular weight excluding hydrogens is 162 g/mol. The summed E-state index contributed by atoms with van der Waals surface area (Å²) in [6.07, 6.45) is 6.88. The molecule has 0 aromatic heterocycles. The Hall–Kier alpha value is -0.0800. The molecule has 2 fully saturated rings. The number of hydrogen-bond acceptors (Lipinski definition) is 2. The Labute approximate surface area is 81.0 Å². The van der Waals surface area contributed by atoms with Crippen LogP contribution in [0.2, 0.25) is 0 Å². The molecule has 0 atom stereocenters. The molecule has 2 heterocycles. The van der Waals surface area contributed by atoms with Crippen LogP contribution in [-0.4, -0.2) is 26.3 Å². The second-order valence-corrected chi connectivity index (χ2v) is 4.48. The van der Waals surface area contributed by atoms with Crippen LogP contribution in [0.3, 0.4) is 0 Å². The maximum atomic E-state index is 5.38. The van der Waals surface area contributed by atoms with Crippen molar-refractivity contribution in [1.29, 1.82) is 0 Å². The summed E-state index contributed by atoms with van der Waals surface area (Å²) in [5, 5.41) is 3.43. The molecule has 0 radical (unpaired) electrons. The quantitative estimate of drug-likeness (QED) is 0.705. The highest BCUT2D eigenvalue weighted by Gasteiger charge is 2.20. The van der Waals surface area contributed by atoms with Gasteiger partial charge < -0.3 is 10.1 Å². The van der Waals surface area contributed by atoms with E-state index in [1.54, 1.807) is 0 Å². The summed E-state index contributed by atoms with van der Waals surface area (Å²) in [6, 6.07) is 0. The van der Waals surface area contributed by atoms with Gasteiger partial charge in [-0.1, -0.05) is 0 Å². The van der Waals surface area contributed by atoms with Crippen LogP contribution in [-0.2, 0) is 4.74 Å². The normalized spacial score (nSPS) is 27.7. The minimum absolute atomic E-state index is 0.969. The molecule has 2 nitrogen and oxygen atoms in total. The predicted molar refractivity (Wildman–Crippen MR) is 53.8 cm³/mol. The van der Waals surface area contributed by atoms with Crippen molar-refractivity contribution in [2.75, 3.05) is 26.3 Å². The van der Waals surface area contributed by atoms with Crippen molar-refractivity contribution in [2.45, 2.75) is 32.1 Å². The van der Waals surface area contributed by atoms with Crippen molar-refractivity contribution < 1.29 is 4.74 Å². The zero-order valence-corrected chi connectivity index (χ0v) is 8.43. The maximum Gasteiger partial charge on any atom is 0.0468 e. The van der Waals surface area contributed by atoms with Gasteiger partial charge in [0.1, 0.15) is 0 Å². The summed E-state index contributed by atoms with van der Waals surface area (Å²) in [7, 11) is 0. The zero-order chi connectivity index (χ0) is 8.93. The van der Waals surface area contributed by atoms with Gasteiger partial charge in [-0.05, 0) is 57.0 Å². The lowest BCUT2D eigenvalue weighted by atomic mass is 9.84. The van der Waals surface area contributed by atoms with Gasteiger partial charge in [-0.15, -0.1) is 0 Å². The maximum absolute atomic E-state index is 5.38. The fraction of sp³-hybridized carbons (Fsp3) is 1.00. The minimum atomic E-state index is 0.969. The first kappa shape index (κ1) is 9.47. The third-order valence-electron chi connectivity index (χ3n) is 3.47. The number of ether oxygens (including phenoxy) is 1. The van der Waals surface area contributed by atoms with Crippen LogP contribution in [0.1, 0.15) is 32.1 Å². The number of hydrogen-bond donors (Lipinski definition) is 1. The number of piperidine rings is 1. The molecule has 0 aromatic carbocycles. The molecule has 2 heteroatoms. The van der Waals surface area contributed by atoms with Crippen LogP contribution in [0.4, 0.5) is 0 Å². The number of nitrogens with one attached hydrogen (secondary N) is 1. The van der Waals surface area contributed by atoms with Gasteiger partial charge in [-0.2, -0.15) is 0 Å². The third-order valence-corrected chi connectivity index (χ3v) is 3.47. The summed E-state index contributed by atoms with van der Waals surface area (Å²) in [5.74, 6) is 1.97. The van der Waals surface area contributed by atoms with Gasteiger partial charge in [0, 0.05) is 13.2 Å². The summed E-state index contributed by atoms with van der Waals surface area (Å²) < 4.78 is 5.38. The second-order valence-electron chi connectivity index (χ2n) is 4.48. The van der Waals surface area contributed by atoms with E-state index in [0.717, 1.165) is 25.0 Å². The van der Waals surface area contributed by atoms with Gasteiger partial charge in [0.05, 0.1) is 0 Å². The summed E-state index contributed by atoms with van der Waals surface area (Å²) in [6.45, 7) is 4.51. The highest BCUT2D eigenvalue weighted by Crippen LogP contribution is 2.27. The van der Waals surface area contributed by atoms with E-state index in [2.05, 4.69) is 5.32 Å². The highest BCUT2D eigenvalue weighted by molar-refractivity contribution is 4.73. The van der Waals surface area contributed by atoms with Crippen molar-refractivity contribution in [1.82, 2.24) is 5.32 Å². The molecule has 2 rings (SSSR count). The largest absolute Gasteiger partial charge is 0.381 e.